The summed E-state index contributed by atoms with van der Waals surface area (Å²) in [6.45, 7) is 0.808. The number of methoxy groups -OCH3 is 1. The van der Waals surface area contributed by atoms with Crippen LogP contribution in [0.1, 0.15) is 0 Å². The lowest BCUT2D eigenvalue weighted by molar-refractivity contribution is -0.144. The molecular formula is C6H11O4. The van der Waals surface area contributed by atoms with E-state index >= 15 is 0 Å². The van der Waals surface area contributed by atoms with Crippen molar-refractivity contribution in [3.63, 3.8) is 0 Å². The minimum Gasteiger partial charge on any atom is -0.460 e. The van der Waals surface area contributed by atoms with E-state index in [0.717, 1.165) is 0 Å². The van der Waals surface area contributed by atoms with Crippen LogP contribution in [0.25, 0.3) is 0 Å². The Morgan fingerprint density at radius 1 is 1.50 bits per heavy atom. The van der Waals surface area contributed by atoms with Gasteiger partial charge in [0, 0.05) is 7.11 Å². The predicted octanol–water partition coefficient (Wildman–Crippen LogP) is -0.0158. The molecule has 0 saturated heterocycles. The second-order valence-electron chi connectivity index (χ2n) is 1.56. The van der Waals surface area contributed by atoms with E-state index in [9.17, 15) is 4.79 Å². The number of hydrogen-bond acceptors (Lipinski definition) is 4. The van der Waals surface area contributed by atoms with E-state index in [2.05, 4.69) is 16.6 Å². The summed E-state index contributed by atoms with van der Waals surface area (Å²) in [6.07, 6.45) is 0. The zero-order chi connectivity index (χ0) is 7.82. The third-order valence-corrected chi connectivity index (χ3v) is 0.813. The Hall–Kier alpha value is -0.610. The highest BCUT2D eigenvalue weighted by atomic mass is 16.6. The number of carbonyl (C=O) groups excluding carboxylic acids is 1. The quantitative estimate of drug-likeness (QED) is 0.405. The van der Waals surface area contributed by atoms with E-state index in [1.54, 1.807) is 7.11 Å². The zero-order valence-corrected chi connectivity index (χ0v) is 5.96. The van der Waals surface area contributed by atoms with E-state index in [0.29, 0.717) is 13.2 Å². The van der Waals surface area contributed by atoms with E-state index in [1.807, 2.05) is 0 Å². The molecule has 4 nitrogen and oxygen atoms in total. The van der Waals surface area contributed by atoms with E-state index in [4.69, 9.17) is 4.74 Å². The molecule has 0 atom stereocenters. The number of rotatable bonds is 5. The van der Waals surface area contributed by atoms with Crippen molar-refractivity contribution in [2.24, 2.45) is 0 Å². The van der Waals surface area contributed by atoms with Crippen LogP contribution in [0, 0.1) is 7.11 Å². The van der Waals surface area contributed by atoms with Gasteiger partial charge in [0.2, 0.25) is 0 Å². The maximum Gasteiger partial charge on any atom is 0.332 e. The van der Waals surface area contributed by atoms with Crippen LogP contribution in [0.4, 0.5) is 0 Å². The largest absolute Gasteiger partial charge is 0.460 e. The summed E-state index contributed by atoms with van der Waals surface area (Å²) in [6, 6.07) is 0. The molecule has 0 fully saturated rings. The Labute approximate surface area is 60.1 Å². The maximum absolute atomic E-state index is 10.3. The lowest BCUT2D eigenvalue weighted by Crippen LogP contribution is -2.12. The van der Waals surface area contributed by atoms with Gasteiger partial charge in [0.15, 0.2) is 0 Å². The van der Waals surface area contributed by atoms with Crippen molar-refractivity contribution in [2.45, 2.75) is 0 Å². The number of esters is 1. The first-order valence-electron chi connectivity index (χ1n) is 2.82. The van der Waals surface area contributed by atoms with Crippen molar-refractivity contribution >= 4 is 5.97 Å². The Morgan fingerprint density at radius 3 is 2.70 bits per heavy atom. The molecule has 0 N–H and O–H groups in total. The molecule has 0 bridgehead atoms. The van der Waals surface area contributed by atoms with Crippen molar-refractivity contribution in [1.29, 1.82) is 0 Å². The van der Waals surface area contributed by atoms with Gasteiger partial charge in [0.05, 0.1) is 13.2 Å². The first kappa shape index (κ1) is 9.39. The standard InChI is InChI=1S/C6H11O4/c1-8-3-4-10-5-6(7)9-2/h2-5H2,1H3. The van der Waals surface area contributed by atoms with Gasteiger partial charge < -0.3 is 14.2 Å². The highest BCUT2D eigenvalue weighted by molar-refractivity contribution is 5.70. The first-order chi connectivity index (χ1) is 4.81. The Morgan fingerprint density at radius 2 is 2.20 bits per heavy atom. The minimum absolute atomic E-state index is 0.0626. The van der Waals surface area contributed by atoms with Gasteiger partial charge in [-0.1, -0.05) is 0 Å². The van der Waals surface area contributed by atoms with Crippen LogP contribution in [-0.4, -0.2) is 32.9 Å². The second-order valence-corrected chi connectivity index (χ2v) is 1.56. The lowest BCUT2D eigenvalue weighted by Gasteiger charge is -2.00. The van der Waals surface area contributed by atoms with Crippen molar-refractivity contribution in [1.82, 2.24) is 0 Å². The average Bonchev–Trinajstić information content (AvgIpc) is 1.98. The molecule has 0 aliphatic carbocycles. The Kier molecular flexibility index (Phi) is 6.11. The molecule has 0 aromatic heterocycles. The zero-order valence-electron chi connectivity index (χ0n) is 5.96. The number of carbonyl (C=O) groups is 1. The topological polar surface area (TPSA) is 44.8 Å². The third kappa shape index (κ3) is 5.53. The van der Waals surface area contributed by atoms with Crippen LogP contribution in [-0.2, 0) is 19.0 Å². The molecule has 59 valence electrons. The number of hydrogen-bond donors (Lipinski definition) is 0. The van der Waals surface area contributed by atoms with Crippen LogP contribution >= 0.6 is 0 Å². The summed E-state index contributed by atoms with van der Waals surface area (Å²) >= 11 is 0. The minimum atomic E-state index is -0.476. The highest BCUT2D eigenvalue weighted by Gasteiger charge is 1.97. The summed E-state index contributed by atoms with van der Waals surface area (Å²) in [5, 5.41) is 0. The molecule has 0 aromatic carbocycles. The van der Waals surface area contributed by atoms with Crippen molar-refractivity contribution in [3.05, 3.63) is 7.11 Å². The molecule has 1 radical (unpaired) electrons. The molecule has 0 aliphatic rings. The summed E-state index contributed by atoms with van der Waals surface area (Å²) in [5.74, 6) is -0.476. The van der Waals surface area contributed by atoms with Crippen LogP contribution in [0.5, 0.6) is 0 Å². The van der Waals surface area contributed by atoms with Crippen LogP contribution in [0.15, 0.2) is 0 Å². The molecule has 0 amide bonds. The van der Waals surface area contributed by atoms with Gasteiger partial charge >= 0.3 is 5.97 Å². The molecule has 4 heteroatoms. The molecule has 0 heterocycles. The SMILES string of the molecule is [CH2]OC(=O)COCCOC. The Balaban J connectivity index is 2.96. The molecule has 10 heavy (non-hydrogen) atoms. The summed E-state index contributed by atoms with van der Waals surface area (Å²) in [7, 11) is 4.48. The maximum atomic E-state index is 10.3. The second kappa shape index (κ2) is 6.51. The van der Waals surface area contributed by atoms with Gasteiger partial charge in [-0.05, 0) is 0 Å². The molecule has 0 rings (SSSR count). The van der Waals surface area contributed by atoms with E-state index in [1.165, 1.54) is 0 Å². The molecule has 0 unspecified atom stereocenters. The van der Waals surface area contributed by atoms with Gasteiger partial charge in [0.25, 0.3) is 0 Å². The molecule has 0 spiro atoms. The van der Waals surface area contributed by atoms with Crippen molar-refractivity contribution in [3.8, 4) is 0 Å². The fraction of sp³-hybridized carbons (Fsp3) is 0.667. The fourth-order valence-corrected chi connectivity index (χ4v) is 0.339. The lowest BCUT2D eigenvalue weighted by atomic mass is 10.7. The van der Waals surface area contributed by atoms with Gasteiger partial charge in [-0.15, -0.1) is 0 Å². The highest BCUT2D eigenvalue weighted by Crippen LogP contribution is 1.79. The summed E-state index contributed by atoms with van der Waals surface area (Å²) < 4.78 is 13.5. The van der Waals surface area contributed by atoms with Gasteiger partial charge in [-0.2, -0.15) is 0 Å². The molecule has 0 saturated carbocycles. The van der Waals surface area contributed by atoms with Gasteiger partial charge in [0.1, 0.15) is 13.7 Å². The van der Waals surface area contributed by atoms with E-state index < -0.39 is 5.97 Å². The van der Waals surface area contributed by atoms with Crippen LogP contribution in [0.3, 0.4) is 0 Å². The van der Waals surface area contributed by atoms with Crippen LogP contribution in [0.2, 0.25) is 0 Å². The van der Waals surface area contributed by atoms with E-state index in [-0.39, 0.29) is 6.61 Å². The van der Waals surface area contributed by atoms with Crippen LogP contribution < -0.4 is 0 Å². The molecular weight excluding hydrogens is 136 g/mol. The Bertz CT molecular complexity index is 91.7. The summed E-state index contributed by atoms with van der Waals surface area (Å²) in [4.78, 5) is 10.3. The van der Waals surface area contributed by atoms with Crippen molar-refractivity contribution in [2.75, 3.05) is 26.9 Å². The molecule has 0 aromatic rings. The predicted molar refractivity (Wildman–Crippen MR) is 34.1 cm³/mol. The van der Waals surface area contributed by atoms with Crippen molar-refractivity contribution < 1.29 is 19.0 Å². The number of ether oxygens (including phenoxy) is 3. The third-order valence-electron chi connectivity index (χ3n) is 0.813. The molecule has 0 aliphatic heterocycles. The fourth-order valence-electron chi connectivity index (χ4n) is 0.339. The van der Waals surface area contributed by atoms with Gasteiger partial charge in [-0.3, -0.25) is 0 Å². The van der Waals surface area contributed by atoms with Gasteiger partial charge in [-0.25, -0.2) is 4.79 Å². The normalized spacial score (nSPS) is 9.40. The average molecular weight is 147 g/mol. The summed E-state index contributed by atoms with van der Waals surface area (Å²) in [5.41, 5.74) is 0. The first-order valence-corrected chi connectivity index (χ1v) is 2.82. The smallest absolute Gasteiger partial charge is 0.332 e. The monoisotopic (exact) mass is 147 g/mol.